The number of ether oxygens (including phenoxy) is 2. The van der Waals surface area contributed by atoms with Crippen molar-refractivity contribution in [1.29, 1.82) is 0 Å². The Balaban J connectivity index is 2.48. The average molecular weight is 325 g/mol. The lowest BCUT2D eigenvalue weighted by molar-refractivity contribution is -0.139. The lowest BCUT2D eigenvalue weighted by atomic mass is 10.0. The number of benzene rings is 1. The molecular weight excluding hydrogens is 300 g/mol. The second-order valence-corrected chi connectivity index (χ2v) is 5.68. The molecule has 1 aromatic rings. The normalized spacial score (nSPS) is 12.4. The van der Waals surface area contributed by atoms with Crippen LogP contribution < -0.4 is 4.74 Å². The fraction of sp³-hybridized carbons (Fsp3) is 0.500. The molecule has 0 saturated heterocycles. The van der Waals surface area contributed by atoms with Crippen LogP contribution in [0.2, 0.25) is 5.02 Å². The Labute approximate surface area is 138 Å². The Bertz CT molecular complexity index is 497. The Kier molecular flexibility index (Phi) is 8.68. The van der Waals surface area contributed by atoms with E-state index in [4.69, 9.17) is 21.1 Å². The van der Waals surface area contributed by atoms with Crippen LogP contribution in [0.5, 0.6) is 5.75 Å². The largest absolute Gasteiger partial charge is 0.495 e. The summed E-state index contributed by atoms with van der Waals surface area (Å²) in [5, 5.41) is 0.517. The van der Waals surface area contributed by atoms with E-state index in [1.807, 2.05) is 6.07 Å². The number of hydrogen-bond acceptors (Lipinski definition) is 3. The number of esters is 1. The maximum atomic E-state index is 11.8. The fourth-order valence-corrected chi connectivity index (χ4v) is 2.36. The van der Waals surface area contributed by atoms with E-state index in [1.165, 1.54) is 18.9 Å². The molecule has 0 heterocycles. The summed E-state index contributed by atoms with van der Waals surface area (Å²) in [7, 11) is 1.57. The summed E-state index contributed by atoms with van der Waals surface area (Å²) in [6.45, 7) is 4.79. The van der Waals surface area contributed by atoms with Crippen LogP contribution in [0.1, 0.15) is 45.1 Å². The summed E-state index contributed by atoms with van der Waals surface area (Å²) in [6.07, 6.45) is 7.62. The molecule has 0 radical (unpaired) electrons. The molecule has 0 aliphatic heterocycles. The summed E-state index contributed by atoms with van der Waals surface area (Å²) in [4.78, 5) is 11.8. The van der Waals surface area contributed by atoms with Gasteiger partial charge in [-0.25, -0.2) is 4.79 Å². The van der Waals surface area contributed by atoms with E-state index in [0.717, 1.165) is 18.4 Å². The third-order valence-electron chi connectivity index (χ3n) is 3.59. The minimum absolute atomic E-state index is 0.318. The van der Waals surface area contributed by atoms with E-state index < -0.39 is 0 Å². The molecular formula is C18H25ClO3. The smallest absolute Gasteiger partial charge is 0.330 e. The first-order valence-electron chi connectivity index (χ1n) is 7.79. The number of unbranched alkanes of at least 4 members (excludes halogenated alkanes) is 1. The minimum atomic E-state index is -0.318. The highest BCUT2D eigenvalue weighted by Crippen LogP contribution is 2.25. The van der Waals surface area contributed by atoms with Crippen LogP contribution in [0.3, 0.4) is 0 Å². The number of methoxy groups -OCH3 is 1. The summed E-state index contributed by atoms with van der Waals surface area (Å²) >= 11 is 6.04. The quantitative estimate of drug-likeness (QED) is 0.467. The van der Waals surface area contributed by atoms with Gasteiger partial charge in [-0.1, -0.05) is 50.8 Å². The van der Waals surface area contributed by atoms with Crippen molar-refractivity contribution in [3.8, 4) is 5.75 Å². The monoisotopic (exact) mass is 324 g/mol. The first-order valence-corrected chi connectivity index (χ1v) is 8.16. The number of halogens is 1. The SMILES string of the molecule is CCCCC(CC)COC(=O)/C=C/c1ccc(OC)c(Cl)c1. The predicted molar refractivity (Wildman–Crippen MR) is 91.3 cm³/mol. The zero-order chi connectivity index (χ0) is 16.4. The molecule has 0 aliphatic carbocycles. The highest BCUT2D eigenvalue weighted by atomic mass is 35.5. The van der Waals surface area contributed by atoms with Gasteiger partial charge < -0.3 is 9.47 Å². The lowest BCUT2D eigenvalue weighted by Gasteiger charge is -2.13. The molecule has 0 fully saturated rings. The van der Waals surface area contributed by atoms with Crippen molar-refractivity contribution in [2.45, 2.75) is 39.5 Å². The van der Waals surface area contributed by atoms with Crippen molar-refractivity contribution in [2.24, 2.45) is 5.92 Å². The molecule has 1 atom stereocenters. The van der Waals surface area contributed by atoms with E-state index >= 15 is 0 Å². The first kappa shape index (κ1) is 18.6. The fourth-order valence-electron chi connectivity index (χ4n) is 2.10. The Morgan fingerprint density at radius 2 is 2.14 bits per heavy atom. The number of carbonyl (C=O) groups excluding carboxylic acids is 1. The number of rotatable bonds is 9. The summed E-state index contributed by atoms with van der Waals surface area (Å²) < 4.78 is 10.4. The standard InChI is InChI=1S/C18H25ClO3/c1-4-6-7-14(5-2)13-22-18(20)11-9-15-8-10-17(21-3)16(19)12-15/h8-12,14H,4-7,13H2,1-3H3/b11-9+. The number of carbonyl (C=O) groups is 1. The zero-order valence-corrected chi connectivity index (χ0v) is 14.4. The predicted octanol–water partition coefficient (Wildman–Crippen LogP) is 5.12. The third kappa shape index (κ3) is 6.52. The van der Waals surface area contributed by atoms with Crippen molar-refractivity contribution in [3.63, 3.8) is 0 Å². The van der Waals surface area contributed by atoms with Crippen LogP contribution in [-0.2, 0) is 9.53 Å². The van der Waals surface area contributed by atoms with Gasteiger partial charge in [0, 0.05) is 6.08 Å². The molecule has 1 unspecified atom stereocenters. The highest BCUT2D eigenvalue weighted by Gasteiger charge is 2.08. The molecule has 0 N–H and O–H groups in total. The highest BCUT2D eigenvalue weighted by molar-refractivity contribution is 6.32. The van der Waals surface area contributed by atoms with E-state index in [9.17, 15) is 4.79 Å². The van der Waals surface area contributed by atoms with Crippen molar-refractivity contribution in [3.05, 3.63) is 34.9 Å². The van der Waals surface area contributed by atoms with Crippen LogP contribution in [0.25, 0.3) is 6.08 Å². The van der Waals surface area contributed by atoms with Gasteiger partial charge in [-0.2, -0.15) is 0 Å². The van der Waals surface area contributed by atoms with Crippen molar-refractivity contribution in [1.82, 2.24) is 0 Å². The third-order valence-corrected chi connectivity index (χ3v) is 3.89. The van der Waals surface area contributed by atoms with Gasteiger partial charge in [-0.05, 0) is 36.1 Å². The van der Waals surface area contributed by atoms with Crippen molar-refractivity contribution >= 4 is 23.6 Å². The molecule has 122 valence electrons. The molecule has 0 aliphatic rings. The van der Waals surface area contributed by atoms with Gasteiger partial charge in [-0.15, -0.1) is 0 Å². The van der Waals surface area contributed by atoms with Crippen LogP contribution in [0, 0.1) is 5.92 Å². The maximum Gasteiger partial charge on any atom is 0.330 e. The van der Waals surface area contributed by atoms with Crippen LogP contribution in [0.15, 0.2) is 24.3 Å². The van der Waals surface area contributed by atoms with Crippen LogP contribution in [0.4, 0.5) is 0 Å². The molecule has 0 spiro atoms. The van der Waals surface area contributed by atoms with Crippen LogP contribution >= 0.6 is 11.6 Å². The van der Waals surface area contributed by atoms with E-state index in [1.54, 1.807) is 25.3 Å². The molecule has 0 amide bonds. The summed E-state index contributed by atoms with van der Waals surface area (Å²) in [5.74, 6) is 0.748. The Morgan fingerprint density at radius 3 is 2.73 bits per heavy atom. The van der Waals surface area contributed by atoms with Crippen LogP contribution in [-0.4, -0.2) is 19.7 Å². The molecule has 1 rings (SSSR count). The lowest BCUT2D eigenvalue weighted by Crippen LogP contribution is -2.12. The van der Waals surface area contributed by atoms with Gasteiger partial charge >= 0.3 is 5.97 Å². The van der Waals surface area contributed by atoms with E-state index in [-0.39, 0.29) is 5.97 Å². The van der Waals surface area contributed by atoms with E-state index in [0.29, 0.717) is 23.3 Å². The van der Waals surface area contributed by atoms with Gasteiger partial charge in [0.25, 0.3) is 0 Å². The minimum Gasteiger partial charge on any atom is -0.495 e. The van der Waals surface area contributed by atoms with E-state index in [2.05, 4.69) is 13.8 Å². The topological polar surface area (TPSA) is 35.5 Å². The summed E-state index contributed by atoms with van der Waals surface area (Å²) in [5.41, 5.74) is 0.834. The van der Waals surface area contributed by atoms with Gasteiger partial charge in [0.1, 0.15) is 5.75 Å². The zero-order valence-electron chi connectivity index (χ0n) is 13.6. The van der Waals surface area contributed by atoms with Crippen molar-refractivity contribution in [2.75, 3.05) is 13.7 Å². The van der Waals surface area contributed by atoms with Gasteiger partial charge in [0.15, 0.2) is 0 Å². The molecule has 3 nitrogen and oxygen atoms in total. The Hall–Kier alpha value is -1.48. The second-order valence-electron chi connectivity index (χ2n) is 5.27. The Morgan fingerprint density at radius 1 is 1.36 bits per heavy atom. The summed E-state index contributed by atoms with van der Waals surface area (Å²) in [6, 6.07) is 5.36. The molecule has 1 aromatic carbocycles. The van der Waals surface area contributed by atoms with Gasteiger partial charge in [0.2, 0.25) is 0 Å². The molecule has 0 saturated carbocycles. The molecule has 0 bridgehead atoms. The van der Waals surface area contributed by atoms with Crippen molar-refractivity contribution < 1.29 is 14.3 Å². The number of hydrogen-bond donors (Lipinski definition) is 0. The van der Waals surface area contributed by atoms with Gasteiger partial charge in [0.05, 0.1) is 18.7 Å². The molecule has 22 heavy (non-hydrogen) atoms. The first-order chi connectivity index (χ1) is 10.6. The second kappa shape index (κ2) is 10.3. The average Bonchev–Trinajstić information content (AvgIpc) is 2.53. The van der Waals surface area contributed by atoms with Gasteiger partial charge in [-0.3, -0.25) is 0 Å². The maximum absolute atomic E-state index is 11.8. The molecule has 4 heteroatoms. The molecule has 0 aromatic heterocycles.